The molecule has 0 unspecified atom stereocenters. The summed E-state index contributed by atoms with van der Waals surface area (Å²) in [5.41, 5.74) is 6.24. The molecule has 3 nitrogen and oxygen atoms in total. The Morgan fingerprint density at radius 2 is 2.27 bits per heavy atom. The summed E-state index contributed by atoms with van der Waals surface area (Å²) >= 11 is 1.64. The summed E-state index contributed by atoms with van der Waals surface area (Å²) in [5, 5.41) is 11.3. The lowest BCUT2D eigenvalue weighted by molar-refractivity contribution is 0.318. The molecule has 0 aliphatic heterocycles. The number of aryl methyl sites for hydroxylation is 2. The average Bonchev–Trinajstić information content (AvgIpc) is 2.28. The molecule has 0 bridgehead atoms. The summed E-state index contributed by atoms with van der Waals surface area (Å²) in [6, 6.07) is 1.91. The van der Waals surface area contributed by atoms with E-state index in [0.717, 1.165) is 10.4 Å². The van der Waals surface area contributed by atoms with Gasteiger partial charge in [0.2, 0.25) is 0 Å². The van der Waals surface area contributed by atoms with Crippen molar-refractivity contribution in [3.63, 3.8) is 0 Å². The average molecular weight is 170 g/mol. The minimum atomic E-state index is 0.187. The first-order valence-electron chi connectivity index (χ1n) is 3.20. The molecule has 0 aliphatic rings. The van der Waals surface area contributed by atoms with E-state index >= 15 is 0 Å². The first-order chi connectivity index (χ1) is 5.15. The Balaban J connectivity index is 3.13. The van der Waals surface area contributed by atoms with Crippen LogP contribution >= 0.6 is 11.3 Å². The molecular formula is C7H10N2OS. The molecule has 1 aromatic rings. The van der Waals surface area contributed by atoms with Gasteiger partial charge in [-0.15, -0.1) is 11.3 Å². The Kier molecular flexibility index (Phi) is 2.14. The summed E-state index contributed by atoms with van der Waals surface area (Å²) in [4.78, 5) is 2.25. The number of thiophene rings is 1. The Morgan fingerprint density at radius 1 is 1.64 bits per heavy atom. The summed E-state index contributed by atoms with van der Waals surface area (Å²) in [7, 11) is 0. The fourth-order valence-corrected chi connectivity index (χ4v) is 1.87. The number of nitrogens with two attached hydrogens (primary N) is 1. The number of oxime groups is 1. The zero-order valence-electron chi connectivity index (χ0n) is 6.46. The third-order valence-electron chi connectivity index (χ3n) is 1.42. The van der Waals surface area contributed by atoms with Gasteiger partial charge in [0.15, 0.2) is 5.84 Å². The van der Waals surface area contributed by atoms with Gasteiger partial charge in [-0.25, -0.2) is 0 Å². The maximum Gasteiger partial charge on any atom is 0.171 e. The molecule has 0 aromatic carbocycles. The summed E-state index contributed by atoms with van der Waals surface area (Å²) < 4.78 is 0. The van der Waals surface area contributed by atoms with Crippen molar-refractivity contribution in [2.24, 2.45) is 10.9 Å². The molecule has 3 N–H and O–H groups in total. The maximum atomic E-state index is 8.39. The minimum Gasteiger partial charge on any atom is -0.409 e. The molecule has 60 valence electrons. The van der Waals surface area contributed by atoms with Gasteiger partial charge in [-0.05, 0) is 19.9 Å². The van der Waals surface area contributed by atoms with Crippen LogP contribution in [0.1, 0.15) is 15.3 Å². The zero-order chi connectivity index (χ0) is 8.43. The topological polar surface area (TPSA) is 58.6 Å². The Hall–Kier alpha value is -1.03. The molecule has 0 saturated heterocycles. The van der Waals surface area contributed by atoms with Gasteiger partial charge in [0.05, 0.1) is 0 Å². The van der Waals surface area contributed by atoms with E-state index in [4.69, 9.17) is 10.9 Å². The van der Waals surface area contributed by atoms with Gasteiger partial charge in [0.1, 0.15) is 0 Å². The third-order valence-corrected chi connectivity index (χ3v) is 2.39. The van der Waals surface area contributed by atoms with Crippen LogP contribution in [0, 0.1) is 13.8 Å². The number of rotatable bonds is 1. The minimum absolute atomic E-state index is 0.187. The molecule has 1 heterocycles. The van der Waals surface area contributed by atoms with Crippen molar-refractivity contribution in [1.82, 2.24) is 0 Å². The van der Waals surface area contributed by atoms with E-state index in [2.05, 4.69) is 5.16 Å². The van der Waals surface area contributed by atoms with Crippen molar-refractivity contribution in [3.8, 4) is 0 Å². The maximum absolute atomic E-state index is 8.39. The predicted octanol–water partition coefficient (Wildman–Crippen LogP) is 1.46. The Bertz CT molecular complexity index is 291. The molecule has 1 rings (SSSR count). The van der Waals surface area contributed by atoms with E-state index in [1.807, 2.05) is 19.9 Å². The highest BCUT2D eigenvalue weighted by molar-refractivity contribution is 7.12. The summed E-state index contributed by atoms with van der Waals surface area (Å²) in [5.74, 6) is 0.187. The second-order valence-electron chi connectivity index (χ2n) is 2.31. The van der Waals surface area contributed by atoms with Crippen LogP contribution < -0.4 is 5.73 Å². The van der Waals surface area contributed by atoms with Crippen LogP contribution in [0.5, 0.6) is 0 Å². The lowest BCUT2D eigenvalue weighted by Gasteiger charge is -1.93. The largest absolute Gasteiger partial charge is 0.409 e. The second-order valence-corrected chi connectivity index (χ2v) is 3.77. The van der Waals surface area contributed by atoms with Crippen molar-refractivity contribution in [3.05, 3.63) is 21.4 Å². The van der Waals surface area contributed by atoms with Gasteiger partial charge in [-0.1, -0.05) is 5.16 Å². The molecule has 0 fully saturated rings. The Labute approximate surface area is 69.2 Å². The standard InChI is InChI=1S/C7H10N2OS/c1-4-3-6(5(2)11-4)7(8)9-10/h3,10H,1-2H3,(H2,8,9). The fraction of sp³-hybridized carbons (Fsp3) is 0.286. The smallest absolute Gasteiger partial charge is 0.171 e. The molecule has 0 spiro atoms. The van der Waals surface area contributed by atoms with Crippen LogP contribution in [0.25, 0.3) is 0 Å². The van der Waals surface area contributed by atoms with E-state index in [9.17, 15) is 0 Å². The molecule has 1 aromatic heterocycles. The van der Waals surface area contributed by atoms with Crippen molar-refractivity contribution in [1.29, 1.82) is 0 Å². The normalized spacial score (nSPS) is 12.0. The highest BCUT2D eigenvalue weighted by Crippen LogP contribution is 2.19. The quantitative estimate of drug-likeness (QED) is 0.290. The van der Waals surface area contributed by atoms with Crippen molar-refractivity contribution >= 4 is 17.2 Å². The van der Waals surface area contributed by atoms with E-state index in [-0.39, 0.29) is 5.84 Å². The first-order valence-corrected chi connectivity index (χ1v) is 4.01. The van der Waals surface area contributed by atoms with Gasteiger partial charge in [0, 0.05) is 15.3 Å². The van der Waals surface area contributed by atoms with Crippen LogP contribution in [-0.4, -0.2) is 11.0 Å². The lowest BCUT2D eigenvalue weighted by Crippen LogP contribution is -2.12. The van der Waals surface area contributed by atoms with Gasteiger partial charge < -0.3 is 10.9 Å². The predicted molar refractivity (Wildman–Crippen MR) is 46.3 cm³/mol. The van der Waals surface area contributed by atoms with Crippen molar-refractivity contribution in [2.45, 2.75) is 13.8 Å². The van der Waals surface area contributed by atoms with Gasteiger partial charge in [-0.2, -0.15) is 0 Å². The van der Waals surface area contributed by atoms with E-state index in [1.54, 1.807) is 11.3 Å². The number of hydrogen-bond acceptors (Lipinski definition) is 3. The second kappa shape index (κ2) is 2.92. The lowest BCUT2D eigenvalue weighted by atomic mass is 10.2. The fourth-order valence-electron chi connectivity index (χ4n) is 0.939. The zero-order valence-corrected chi connectivity index (χ0v) is 7.27. The molecular weight excluding hydrogens is 160 g/mol. The summed E-state index contributed by atoms with van der Waals surface area (Å²) in [6.07, 6.45) is 0. The molecule has 0 saturated carbocycles. The highest BCUT2D eigenvalue weighted by Gasteiger charge is 2.05. The highest BCUT2D eigenvalue weighted by atomic mass is 32.1. The van der Waals surface area contributed by atoms with Crippen LogP contribution in [-0.2, 0) is 0 Å². The number of hydrogen-bond donors (Lipinski definition) is 2. The molecule has 4 heteroatoms. The number of nitrogens with zero attached hydrogens (tertiary/aromatic N) is 1. The summed E-state index contributed by atoms with van der Waals surface area (Å²) in [6.45, 7) is 3.94. The van der Waals surface area contributed by atoms with E-state index < -0.39 is 0 Å². The third kappa shape index (κ3) is 1.51. The molecule has 0 radical (unpaired) electrons. The SMILES string of the molecule is Cc1cc(/C(N)=N/O)c(C)s1. The van der Waals surface area contributed by atoms with Crippen LogP contribution in [0.15, 0.2) is 11.2 Å². The Morgan fingerprint density at radius 3 is 2.64 bits per heavy atom. The molecule has 0 amide bonds. The van der Waals surface area contributed by atoms with Gasteiger partial charge in [0.25, 0.3) is 0 Å². The van der Waals surface area contributed by atoms with Gasteiger partial charge in [-0.3, -0.25) is 0 Å². The van der Waals surface area contributed by atoms with Crippen molar-refractivity contribution in [2.75, 3.05) is 0 Å². The van der Waals surface area contributed by atoms with E-state index in [1.165, 1.54) is 4.88 Å². The van der Waals surface area contributed by atoms with Crippen LogP contribution in [0.2, 0.25) is 0 Å². The molecule has 11 heavy (non-hydrogen) atoms. The first kappa shape index (κ1) is 8.07. The van der Waals surface area contributed by atoms with Crippen LogP contribution in [0.3, 0.4) is 0 Å². The monoisotopic (exact) mass is 170 g/mol. The number of amidine groups is 1. The van der Waals surface area contributed by atoms with E-state index in [0.29, 0.717) is 0 Å². The molecule has 0 aliphatic carbocycles. The molecule has 0 atom stereocenters. The van der Waals surface area contributed by atoms with Crippen LogP contribution in [0.4, 0.5) is 0 Å². The van der Waals surface area contributed by atoms with Gasteiger partial charge >= 0.3 is 0 Å². The van der Waals surface area contributed by atoms with Crippen molar-refractivity contribution < 1.29 is 5.21 Å².